The fourth-order valence-corrected chi connectivity index (χ4v) is 2.25. The van der Waals surface area contributed by atoms with Gasteiger partial charge in [-0.15, -0.1) is 0 Å². The fourth-order valence-electron chi connectivity index (χ4n) is 2.25. The number of rotatable bonds is 7. The highest BCUT2D eigenvalue weighted by Gasteiger charge is 2.06. The molecule has 0 saturated carbocycles. The van der Waals surface area contributed by atoms with Crippen LogP contribution < -0.4 is 10.1 Å². The average Bonchev–Trinajstić information content (AvgIpc) is 3.17. The number of hydrogen-bond acceptors (Lipinski definition) is 6. The molecule has 3 aromatic rings. The maximum atomic E-state index is 12.0. The van der Waals surface area contributed by atoms with Crippen LogP contribution in [0.2, 0.25) is 0 Å². The van der Waals surface area contributed by atoms with Gasteiger partial charge in [0.05, 0.1) is 0 Å². The molecule has 2 aromatic heterocycles. The Morgan fingerprint density at radius 2 is 2.12 bits per heavy atom. The van der Waals surface area contributed by atoms with E-state index in [4.69, 9.17) is 10.00 Å². The topological polar surface area (TPSA) is 106 Å². The van der Waals surface area contributed by atoms with Crippen molar-refractivity contribution in [2.24, 2.45) is 0 Å². The summed E-state index contributed by atoms with van der Waals surface area (Å²) in [5.74, 6) is 0.708. The normalized spacial score (nSPS) is 10.1. The van der Waals surface area contributed by atoms with Gasteiger partial charge in [0.1, 0.15) is 30.0 Å². The van der Waals surface area contributed by atoms with Crippen LogP contribution in [-0.2, 0) is 11.3 Å². The number of carbonyl (C=O) groups is 1. The molecule has 0 saturated heterocycles. The second kappa shape index (κ2) is 8.39. The summed E-state index contributed by atoms with van der Waals surface area (Å²) in [6, 6.07) is 12.2. The van der Waals surface area contributed by atoms with Gasteiger partial charge >= 0.3 is 0 Å². The molecule has 0 radical (unpaired) electrons. The minimum Gasteiger partial charge on any atom is -0.438 e. The smallest absolute Gasteiger partial charge is 0.237 e. The van der Waals surface area contributed by atoms with Gasteiger partial charge in [0, 0.05) is 24.8 Å². The van der Waals surface area contributed by atoms with Crippen LogP contribution in [0.5, 0.6) is 11.6 Å². The number of nitrogens with one attached hydrogen (secondary N) is 1. The predicted molar refractivity (Wildman–Crippen MR) is 93.4 cm³/mol. The summed E-state index contributed by atoms with van der Waals surface area (Å²) in [4.78, 5) is 19.9. The molecule has 8 heteroatoms. The van der Waals surface area contributed by atoms with E-state index < -0.39 is 0 Å². The van der Waals surface area contributed by atoms with Crippen molar-refractivity contribution in [2.45, 2.75) is 19.4 Å². The lowest BCUT2D eigenvalue weighted by Crippen LogP contribution is -2.12. The van der Waals surface area contributed by atoms with Gasteiger partial charge in [-0.2, -0.15) is 10.4 Å². The Morgan fingerprint density at radius 1 is 1.27 bits per heavy atom. The molecule has 0 fully saturated rings. The Morgan fingerprint density at radius 3 is 2.85 bits per heavy atom. The summed E-state index contributed by atoms with van der Waals surface area (Å²) in [5, 5.41) is 15.9. The molecule has 0 unspecified atom stereocenters. The van der Waals surface area contributed by atoms with Gasteiger partial charge in [-0.3, -0.25) is 9.48 Å². The molecule has 1 amide bonds. The first-order chi connectivity index (χ1) is 12.7. The molecule has 8 nitrogen and oxygen atoms in total. The van der Waals surface area contributed by atoms with E-state index in [1.54, 1.807) is 53.6 Å². The highest BCUT2D eigenvalue weighted by Crippen LogP contribution is 2.23. The summed E-state index contributed by atoms with van der Waals surface area (Å²) in [7, 11) is 0. The van der Waals surface area contributed by atoms with Crippen molar-refractivity contribution in [3.8, 4) is 17.7 Å². The third kappa shape index (κ3) is 4.64. The summed E-state index contributed by atoms with van der Waals surface area (Å²) in [5.41, 5.74) is 1.03. The van der Waals surface area contributed by atoms with Crippen LogP contribution in [0.1, 0.15) is 18.4 Å². The van der Waals surface area contributed by atoms with E-state index in [-0.39, 0.29) is 11.8 Å². The first-order valence-corrected chi connectivity index (χ1v) is 8.00. The summed E-state index contributed by atoms with van der Waals surface area (Å²) in [6.45, 7) is 0.644. The van der Waals surface area contributed by atoms with Crippen LogP contribution in [0.25, 0.3) is 0 Å². The van der Waals surface area contributed by atoms with E-state index in [0.29, 0.717) is 36.4 Å². The van der Waals surface area contributed by atoms with Gasteiger partial charge in [-0.05, 0) is 42.8 Å². The van der Waals surface area contributed by atoms with Gasteiger partial charge in [0.2, 0.25) is 11.8 Å². The Kier molecular flexibility index (Phi) is 5.52. The minimum atomic E-state index is -0.0738. The Balaban J connectivity index is 1.51. The number of ether oxygens (including phenoxy) is 1. The molecule has 1 aromatic carbocycles. The van der Waals surface area contributed by atoms with Crippen LogP contribution in [0, 0.1) is 11.3 Å². The zero-order chi connectivity index (χ0) is 18.2. The fraction of sp³-hybridized carbons (Fsp3) is 0.167. The van der Waals surface area contributed by atoms with Crippen LogP contribution in [0.15, 0.2) is 55.2 Å². The number of pyridine rings is 1. The molecule has 0 bridgehead atoms. The number of nitrogens with zero attached hydrogens (tertiary/aromatic N) is 5. The molecule has 0 aliphatic rings. The van der Waals surface area contributed by atoms with Gasteiger partial charge in [0.25, 0.3) is 0 Å². The third-order valence-electron chi connectivity index (χ3n) is 3.50. The number of benzene rings is 1. The minimum absolute atomic E-state index is 0.0738. The van der Waals surface area contributed by atoms with Crippen molar-refractivity contribution in [1.29, 1.82) is 5.26 Å². The largest absolute Gasteiger partial charge is 0.438 e. The van der Waals surface area contributed by atoms with Crippen molar-refractivity contribution >= 4 is 11.6 Å². The predicted octanol–water partition coefficient (Wildman–Crippen LogP) is 2.76. The van der Waals surface area contributed by atoms with E-state index in [0.717, 1.165) is 0 Å². The lowest BCUT2D eigenvalue weighted by molar-refractivity contribution is -0.116. The summed E-state index contributed by atoms with van der Waals surface area (Å²) < 4.78 is 7.29. The number of amides is 1. The first-order valence-electron chi connectivity index (χ1n) is 8.00. The zero-order valence-electron chi connectivity index (χ0n) is 13.9. The third-order valence-corrected chi connectivity index (χ3v) is 3.50. The van der Waals surface area contributed by atoms with Crippen LogP contribution in [0.4, 0.5) is 5.69 Å². The quantitative estimate of drug-likeness (QED) is 0.704. The highest BCUT2D eigenvalue weighted by atomic mass is 16.5. The maximum Gasteiger partial charge on any atom is 0.237 e. The molecule has 26 heavy (non-hydrogen) atoms. The van der Waals surface area contributed by atoms with Crippen molar-refractivity contribution in [3.63, 3.8) is 0 Å². The van der Waals surface area contributed by atoms with Gasteiger partial charge < -0.3 is 10.1 Å². The number of aryl methyl sites for hydroxylation is 1. The SMILES string of the molecule is N#Cc1cccnc1Oc1ccc(NC(=O)CCCn2cncn2)cc1. The molecule has 0 aliphatic heterocycles. The Bertz CT molecular complexity index is 900. The first kappa shape index (κ1) is 17.1. The Hall–Kier alpha value is -3.73. The average molecular weight is 348 g/mol. The van der Waals surface area contributed by atoms with Crippen molar-refractivity contribution < 1.29 is 9.53 Å². The molecule has 0 atom stereocenters. The van der Waals surface area contributed by atoms with Crippen molar-refractivity contribution in [2.75, 3.05) is 5.32 Å². The van der Waals surface area contributed by atoms with Crippen LogP contribution in [0.3, 0.4) is 0 Å². The van der Waals surface area contributed by atoms with Crippen LogP contribution >= 0.6 is 0 Å². The number of aromatic nitrogens is 4. The molecule has 1 N–H and O–H groups in total. The van der Waals surface area contributed by atoms with E-state index in [1.165, 1.54) is 6.33 Å². The number of hydrogen-bond donors (Lipinski definition) is 1. The second-order valence-corrected chi connectivity index (χ2v) is 5.40. The number of carbonyl (C=O) groups excluding carboxylic acids is 1. The number of nitriles is 1. The monoisotopic (exact) mass is 348 g/mol. The van der Waals surface area contributed by atoms with Crippen molar-refractivity contribution in [3.05, 3.63) is 60.8 Å². The van der Waals surface area contributed by atoms with E-state index >= 15 is 0 Å². The molecule has 0 spiro atoms. The standard InChI is InChI=1S/C18H16N6O2/c19-11-14-3-1-9-21-18(14)26-16-7-5-15(6-8-16)23-17(25)4-2-10-24-13-20-12-22-24/h1,3,5-9,12-13H,2,4,10H2,(H,23,25). The molecule has 2 heterocycles. The molecular weight excluding hydrogens is 332 g/mol. The number of anilines is 1. The van der Waals surface area contributed by atoms with Gasteiger partial charge in [-0.1, -0.05) is 0 Å². The molecule has 130 valence electrons. The second-order valence-electron chi connectivity index (χ2n) is 5.40. The highest BCUT2D eigenvalue weighted by molar-refractivity contribution is 5.90. The van der Waals surface area contributed by atoms with Crippen molar-refractivity contribution in [1.82, 2.24) is 19.7 Å². The molecule has 0 aliphatic carbocycles. The maximum absolute atomic E-state index is 12.0. The summed E-state index contributed by atoms with van der Waals surface area (Å²) >= 11 is 0. The van der Waals surface area contributed by atoms with E-state index in [2.05, 4.69) is 20.4 Å². The lowest BCUT2D eigenvalue weighted by atomic mass is 10.2. The van der Waals surface area contributed by atoms with Crippen LogP contribution in [-0.4, -0.2) is 25.7 Å². The molecule has 3 rings (SSSR count). The van der Waals surface area contributed by atoms with Gasteiger partial charge in [0.15, 0.2) is 0 Å². The van der Waals surface area contributed by atoms with E-state index in [1.807, 2.05) is 6.07 Å². The Labute approximate surface area is 150 Å². The van der Waals surface area contributed by atoms with Gasteiger partial charge in [-0.25, -0.2) is 9.97 Å². The van der Waals surface area contributed by atoms with E-state index in [9.17, 15) is 4.79 Å². The zero-order valence-corrected chi connectivity index (χ0v) is 13.9. The molecular formula is C18H16N6O2. The lowest BCUT2D eigenvalue weighted by Gasteiger charge is -2.08. The summed E-state index contributed by atoms with van der Waals surface area (Å²) in [6.07, 6.45) is 5.71.